The highest BCUT2D eigenvalue weighted by molar-refractivity contribution is 5.61. The maximum Gasteiger partial charge on any atom is 0.162 e. The summed E-state index contributed by atoms with van der Waals surface area (Å²) >= 11 is 0. The first-order chi connectivity index (χ1) is 8.78. The summed E-state index contributed by atoms with van der Waals surface area (Å²) in [5, 5.41) is 0. The van der Waals surface area contributed by atoms with Gasteiger partial charge in [-0.1, -0.05) is 0 Å². The van der Waals surface area contributed by atoms with Crippen LogP contribution in [0, 0.1) is 6.92 Å². The number of hydrogen-bond acceptors (Lipinski definition) is 5. The third-order valence-corrected chi connectivity index (χ3v) is 3.15. The van der Waals surface area contributed by atoms with Crippen LogP contribution in [0.2, 0.25) is 0 Å². The molecule has 0 amide bonds. The smallest absolute Gasteiger partial charge is 0.162 e. The zero-order valence-corrected chi connectivity index (χ0v) is 10.2. The van der Waals surface area contributed by atoms with Crippen LogP contribution < -0.4 is 11.3 Å². The average molecular weight is 241 g/mol. The van der Waals surface area contributed by atoms with E-state index >= 15 is 0 Å². The molecule has 0 radical (unpaired) electrons. The van der Waals surface area contributed by atoms with E-state index in [1.54, 1.807) is 6.20 Å². The number of aryl methyl sites for hydroxylation is 1. The van der Waals surface area contributed by atoms with Crippen molar-refractivity contribution < 1.29 is 0 Å². The number of nitrogens with zero attached hydrogens (tertiary/aromatic N) is 3. The average Bonchev–Trinajstić information content (AvgIpc) is 3.23. The molecule has 18 heavy (non-hydrogen) atoms. The van der Waals surface area contributed by atoms with E-state index in [1.807, 2.05) is 25.3 Å². The second-order valence-corrected chi connectivity index (χ2v) is 4.61. The van der Waals surface area contributed by atoms with Gasteiger partial charge in [0.1, 0.15) is 5.82 Å². The van der Waals surface area contributed by atoms with Gasteiger partial charge in [-0.25, -0.2) is 15.8 Å². The minimum atomic E-state index is 0.570. The molecule has 0 aromatic carbocycles. The van der Waals surface area contributed by atoms with Crippen LogP contribution in [0.4, 0.5) is 5.82 Å². The van der Waals surface area contributed by atoms with Crippen molar-refractivity contribution in [3.63, 3.8) is 0 Å². The van der Waals surface area contributed by atoms with Crippen molar-refractivity contribution in [3.8, 4) is 11.4 Å². The molecule has 0 atom stereocenters. The normalized spacial score (nSPS) is 14.6. The van der Waals surface area contributed by atoms with Crippen LogP contribution in [0.1, 0.15) is 30.0 Å². The number of pyridine rings is 1. The summed E-state index contributed by atoms with van der Waals surface area (Å²) in [6.45, 7) is 2.00. The molecular weight excluding hydrogens is 226 g/mol. The Balaban J connectivity index is 2.10. The Labute approximate surface area is 105 Å². The van der Waals surface area contributed by atoms with Crippen LogP contribution in [-0.2, 0) is 0 Å². The van der Waals surface area contributed by atoms with Gasteiger partial charge in [-0.05, 0) is 31.4 Å². The third kappa shape index (κ3) is 2.04. The van der Waals surface area contributed by atoms with Crippen molar-refractivity contribution in [1.82, 2.24) is 15.0 Å². The highest BCUT2D eigenvalue weighted by Gasteiger charge is 2.26. The summed E-state index contributed by atoms with van der Waals surface area (Å²) in [5.41, 5.74) is 5.75. The van der Waals surface area contributed by atoms with Gasteiger partial charge >= 0.3 is 0 Å². The Morgan fingerprint density at radius 1 is 1.33 bits per heavy atom. The lowest BCUT2D eigenvalue weighted by atomic mass is 10.1. The molecule has 92 valence electrons. The maximum atomic E-state index is 5.47. The van der Waals surface area contributed by atoms with Gasteiger partial charge in [0.2, 0.25) is 0 Å². The van der Waals surface area contributed by atoms with Gasteiger partial charge in [0, 0.05) is 35.6 Å². The summed E-state index contributed by atoms with van der Waals surface area (Å²) in [6, 6.07) is 3.86. The predicted molar refractivity (Wildman–Crippen MR) is 69.8 cm³/mol. The molecular formula is C13H15N5. The van der Waals surface area contributed by atoms with E-state index in [-0.39, 0.29) is 0 Å². The number of aromatic nitrogens is 3. The first-order valence-electron chi connectivity index (χ1n) is 6.04. The van der Waals surface area contributed by atoms with Crippen molar-refractivity contribution in [2.45, 2.75) is 25.7 Å². The van der Waals surface area contributed by atoms with E-state index in [0.717, 1.165) is 16.8 Å². The number of hydrazine groups is 1. The Morgan fingerprint density at radius 3 is 2.83 bits per heavy atom. The van der Waals surface area contributed by atoms with Gasteiger partial charge in [-0.3, -0.25) is 4.98 Å². The minimum Gasteiger partial charge on any atom is -0.308 e. The first-order valence-corrected chi connectivity index (χ1v) is 6.04. The molecule has 3 rings (SSSR count). The summed E-state index contributed by atoms with van der Waals surface area (Å²) in [7, 11) is 0. The molecule has 2 aromatic rings. The molecule has 5 heteroatoms. The molecule has 0 saturated heterocycles. The molecule has 1 aliphatic carbocycles. The van der Waals surface area contributed by atoms with E-state index in [1.165, 1.54) is 12.8 Å². The zero-order chi connectivity index (χ0) is 12.5. The van der Waals surface area contributed by atoms with Gasteiger partial charge in [0.05, 0.1) is 0 Å². The van der Waals surface area contributed by atoms with Crippen LogP contribution in [0.15, 0.2) is 24.5 Å². The molecule has 1 saturated carbocycles. The fraction of sp³-hybridized carbons (Fsp3) is 0.308. The highest BCUT2D eigenvalue weighted by Crippen LogP contribution is 2.40. The Morgan fingerprint density at radius 2 is 2.17 bits per heavy atom. The number of rotatable bonds is 3. The summed E-state index contributed by atoms with van der Waals surface area (Å²) in [5.74, 6) is 7.42. The van der Waals surface area contributed by atoms with Crippen molar-refractivity contribution in [2.24, 2.45) is 5.84 Å². The van der Waals surface area contributed by atoms with Crippen LogP contribution >= 0.6 is 0 Å². The molecule has 1 aliphatic rings. The lowest BCUT2D eigenvalue weighted by molar-refractivity contribution is 0.988. The Kier molecular flexibility index (Phi) is 2.68. The van der Waals surface area contributed by atoms with E-state index < -0.39 is 0 Å². The van der Waals surface area contributed by atoms with Gasteiger partial charge in [0.15, 0.2) is 5.82 Å². The van der Waals surface area contributed by atoms with Crippen LogP contribution in [0.3, 0.4) is 0 Å². The first kappa shape index (κ1) is 11.1. The molecule has 2 heterocycles. The van der Waals surface area contributed by atoms with E-state index in [2.05, 4.69) is 20.4 Å². The number of anilines is 1. The molecule has 5 nitrogen and oxygen atoms in total. The second-order valence-electron chi connectivity index (χ2n) is 4.61. The Bertz CT molecular complexity index is 577. The summed E-state index contributed by atoms with van der Waals surface area (Å²) in [6.07, 6.45) is 5.98. The minimum absolute atomic E-state index is 0.570. The lowest BCUT2D eigenvalue weighted by Gasteiger charge is -2.08. The number of nitrogen functional groups attached to an aromatic ring is 1. The molecule has 2 aromatic heterocycles. The third-order valence-electron chi connectivity index (χ3n) is 3.15. The largest absolute Gasteiger partial charge is 0.308 e. The molecule has 0 aliphatic heterocycles. The predicted octanol–water partition coefficient (Wildman–Crippen LogP) is 2.01. The quantitative estimate of drug-likeness (QED) is 0.635. The van der Waals surface area contributed by atoms with E-state index in [0.29, 0.717) is 17.6 Å². The van der Waals surface area contributed by atoms with E-state index in [4.69, 9.17) is 5.84 Å². The number of nitrogens with two attached hydrogens (primary N) is 1. The van der Waals surface area contributed by atoms with Crippen LogP contribution in [0.25, 0.3) is 11.4 Å². The molecule has 3 N–H and O–H groups in total. The number of nitrogens with one attached hydrogen (secondary N) is 1. The maximum absolute atomic E-state index is 5.47. The van der Waals surface area contributed by atoms with Crippen molar-refractivity contribution in [3.05, 3.63) is 35.8 Å². The standard InChI is InChI=1S/C13H15N5/c1-8-7-15-5-4-10(8)13-16-11(9-2-3-9)6-12(17-13)18-14/h4-7,9H,2-3,14H2,1H3,(H,16,17,18). The summed E-state index contributed by atoms with van der Waals surface area (Å²) in [4.78, 5) is 13.1. The fourth-order valence-corrected chi connectivity index (χ4v) is 1.97. The molecule has 0 unspecified atom stereocenters. The van der Waals surface area contributed by atoms with Crippen LogP contribution in [-0.4, -0.2) is 15.0 Å². The monoisotopic (exact) mass is 241 g/mol. The zero-order valence-electron chi connectivity index (χ0n) is 10.2. The summed E-state index contributed by atoms with van der Waals surface area (Å²) < 4.78 is 0. The van der Waals surface area contributed by atoms with E-state index in [9.17, 15) is 0 Å². The molecule has 0 bridgehead atoms. The SMILES string of the molecule is Cc1cnccc1-c1nc(NN)cc(C2CC2)n1. The van der Waals surface area contributed by atoms with Crippen molar-refractivity contribution in [2.75, 3.05) is 5.43 Å². The number of hydrogen-bond donors (Lipinski definition) is 2. The second kappa shape index (κ2) is 4.34. The molecule has 0 spiro atoms. The van der Waals surface area contributed by atoms with Crippen molar-refractivity contribution in [1.29, 1.82) is 0 Å². The van der Waals surface area contributed by atoms with Gasteiger partial charge in [-0.15, -0.1) is 0 Å². The van der Waals surface area contributed by atoms with Gasteiger partial charge in [0.25, 0.3) is 0 Å². The molecule has 1 fully saturated rings. The van der Waals surface area contributed by atoms with Crippen molar-refractivity contribution >= 4 is 5.82 Å². The lowest BCUT2D eigenvalue weighted by Crippen LogP contribution is -2.10. The fourth-order valence-electron chi connectivity index (χ4n) is 1.97. The van der Waals surface area contributed by atoms with Crippen LogP contribution in [0.5, 0.6) is 0 Å². The van der Waals surface area contributed by atoms with Gasteiger partial charge < -0.3 is 5.43 Å². The highest BCUT2D eigenvalue weighted by atomic mass is 15.3. The topological polar surface area (TPSA) is 76.7 Å². The van der Waals surface area contributed by atoms with Gasteiger partial charge in [-0.2, -0.15) is 0 Å². The Hall–Kier alpha value is -2.01.